The molecule has 3 aromatic heterocycles. The Morgan fingerprint density at radius 2 is 2.14 bits per heavy atom. The predicted molar refractivity (Wildman–Crippen MR) is 104 cm³/mol. The van der Waals surface area contributed by atoms with Gasteiger partial charge in [-0.3, -0.25) is 4.68 Å². The van der Waals surface area contributed by atoms with Crippen LogP contribution in [0.3, 0.4) is 0 Å². The van der Waals surface area contributed by atoms with Crippen LogP contribution in [0.4, 0.5) is 14.9 Å². The minimum atomic E-state index is -1.15. The first-order valence-corrected chi connectivity index (χ1v) is 9.28. The number of pyridine rings is 1. The van der Waals surface area contributed by atoms with Crippen molar-refractivity contribution in [3.63, 3.8) is 0 Å². The van der Waals surface area contributed by atoms with E-state index < -0.39 is 12.3 Å². The fraction of sp³-hybridized carbons (Fsp3) is 0.421. The van der Waals surface area contributed by atoms with Crippen LogP contribution >= 0.6 is 0 Å². The molecule has 0 spiro atoms. The Morgan fingerprint density at radius 3 is 2.82 bits per heavy atom. The highest BCUT2D eigenvalue weighted by Crippen LogP contribution is 2.30. The lowest BCUT2D eigenvalue weighted by Crippen LogP contribution is -2.49. The zero-order chi connectivity index (χ0) is 19.7. The number of nitrogens with one attached hydrogen (secondary N) is 1. The Balaban J connectivity index is 1.49. The number of rotatable bonds is 4. The molecule has 3 aromatic rings. The van der Waals surface area contributed by atoms with Crippen LogP contribution in [0.1, 0.15) is 6.92 Å². The Kier molecular flexibility index (Phi) is 4.89. The van der Waals surface area contributed by atoms with Crippen LogP contribution in [0.15, 0.2) is 30.7 Å². The number of aromatic nitrogens is 4. The molecular formula is C19H23FN6O2. The van der Waals surface area contributed by atoms with Crippen LogP contribution in [0.5, 0.6) is 0 Å². The van der Waals surface area contributed by atoms with Gasteiger partial charge in [0.25, 0.3) is 0 Å². The van der Waals surface area contributed by atoms with Crippen LogP contribution in [-0.2, 0) is 11.8 Å². The van der Waals surface area contributed by atoms with Gasteiger partial charge in [0.15, 0.2) is 0 Å². The fourth-order valence-corrected chi connectivity index (χ4v) is 3.41. The summed E-state index contributed by atoms with van der Waals surface area (Å²) < 4.78 is 19.6. The van der Waals surface area contributed by atoms with E-state index >= 15 is 0 Å². The summed E-state index contributed by atoms with van der Waals surface area (Å²) in [5, 5.41) is 5.25. The van der Waals surface area contributed by atoms with Crippen molar-refractivity contribution in [1.82, 2.24) is 24.6 Å². The van der Waals surface area contributed by atoms with E-state index in [1.165, 1.54) is 6.92 Å². The van der Waals surface area contributed by atoms with Crippen LogP contribution in [0, 0.1) is 0 Å². The highest BCUT2D eigenvalue weighted by Gasteiger charge is 2.24. The lowest BCUT2D eigenvalue weighted by atomic mass is 10.2. The maximum absolute atomic E-state index is 12.9. The normalized spacial score (nSPS) is 15.8. The quantitative estimate of drug-likeness (QED) is 0.746. The monoisotopic (exact) mass is 386 g/mol. The average Bonchev–Trinajstić information content (AvgIpc) is 3.32. The van der Waals surface area contributed by atoms with Crippen LogP contribution < -0.4 is 4.90 Å². The Bertz CT molecular complexity index is 974. The first kappa shape index (κ1) is 18.3. The van der Waals surface area contributed by atoms with E-state index in [0.29, 0.717) is 26.2 Å². The fourth-order valence-electron chi connectivity index (χ4n) is 3.41. The molecule has 8 nitrogen and oxygen atoms in total. The molecule has 4 rings (SSSR count). The summed E-state index contributed by atoms with van der Waals surface area (Å²) in [5.74, 6) is 0. The molecule has 0 aromatic carbocycles. The van der Waals surface area contributed by atoms with Gasteiger partial charge in [-0.1, -0.05) is 0 Å². The Morgan fingerprint density at radius 1 is 1.36 bits per heavy atom. The third-order valence-electron chi connectivity index (χ3n) is 4.84. The number of ether oxygens (including phenoxy) is 1. The van der Waals surface area contributed by atoms with Gasteiger partial charge in [-0.15, -0.1) is 0 Å². The summed E-state index contributed by atoms with van der Waals surface area (Å²) in [6, 6.07) is 4.07. The van der Waals surface area contributed by atoms with Gasteiger partial charge in [-0.05, 0) is 19.1 Å². The summed E-state index contributed by atoms with van der Waals surface area (Å²) in [6.45, 7) is 3.58. The van der Waals surface area contributed by atoms with Gasteiger partial charge in [0.1, 0.15) is 18.4 Å². The second-order valence-corrected chi connectivity index (χ2v) is 7.01. The molecule has 1 N–H and O–H groups in total. The number of carbonyl (C=O) groups excluding carboxylic acids is 1. The molecule has 4 heterocycles. The summed E-state index contributed by atoms with van der Waals surface area (Å²) >= 11 is 0. The molecule has 1 amide bonds. The summed E-state index contributed by atoms with van der Waals surface area (Å²) in [4.78, 5) is 23.7. The average molecular weight is 386 g/mol. The molecule has 0 aliphatic carbocycles. The van der Waals surface area contributed by atoms with Gasteiger partial charge in [0.05, 0.1) is 11.9 Å². The SMILES string of the molecule is C[C@H](F)COC(=O)N1CCN(c2ccnc3[nH]c(-c4cnn(C)c4)cc23)CC1. The zero-order valence-electron chi connectivity index (χ0n) is 15.9. The molecule has 148 valence electrons. The highest BCUT2D eigenvalue weighted by atomic mass is 19.1. The second-order valence-electron chi connectivity index (χ2n) is 7.01. The van der Waals surface area contributed by atoms with Crippen molar-refractivity contribution < 1.29 is 13.9 Å². The van der Waals surface area contributed by atoms with E-state index in [1.807, 2.05) is 25.5 Å². The Labute approximate surface area is 161 Å². The number of hydrogen-bond acceptors (Lipinski definition) is 5. The predicted octanol–water partition coefficient (Wildman–Crippen LogP) is 2.58. The number of amides is 1. The molecule has 0 unspecified atom stereocenters. The number of H-pyrrole nitrogens is 1. The van der Waals surface area contributed by atoms with E-state index in [1.54, 1.807) is 15.8 Å². The van der Waals surface area contributed by atoms with Gasteiger partial charge in [-0.25, -0.2) is 14.2 Å². The minimum Gasteiger partial charge on any atom is -0.446 e. The van der Waals surface area contributed by atoms with Crippen LogP contribution in [0.2, 0.25) is 0 Å². The number of carbonyl (C=O) groups is 1. The molecule has 1 fully saturated rings. The Hall–Kier alpha value is -3.10. The lowest BCUT2D eigenvalue weighted by molar-refractivity contribution is 0.0798. The standard InChI is InChI=1S/C19H23FN6O2/c1-13(20)12-28-19(27)26-7-5-25(6-8-26)17-3-4-21-18-15(17)9-16(23-18)14-10-22-24(2)11-14/h3-4,9-11,13H,5-8,12H2,1-2H3,(H,21,23)/t13-/m0/s1. The number of nitrogens with zero attached hydrogens (tertiary/aromatic N) is 5. The van der Waals surface area contributed by atoms with E-state index in [0.717, 1.165) is 28.0 Å². The van der Waals surface area contributed by atoms with Gasteiger partial charge in [0.2, 0.25) is 0 Å². The van der Waals surface area contributed by atoms with Gasteiger partial charge >= 0.3 is 6.09 Å². The number of alkyl halides is 1. The summed E-state index contributed by atoms with van der Waals surface area (Å²) in [6.07, 6.45) is 3.94. The van der Waals surface area contributed by atoms with Crippen molar-refractivity contribution in [3.8, 4) is 11.3 Å². The number of piperazine rings is 1. The van der Waals surface area contributed by atoms with E-state index in [4.69, 9.17) is 4.74 Å². The highest BCUT2D eigenvalue weighted by molar-refractivity contribution is 5.93. The number of aromatic amines is 1. The molecule has 1 saturated heterocycles. The molecule has 28 heavy (non-hydrogen) atoms. The van der Waals surface area contributed by atoms with Crippen LogP contribution in [0.25, 0.3) is 22.3 Å². The molecule has 0 saturated carbocycles. The summed E-state index contributed by atoms with van der Waals surface area (Å²) in [7, 11) is 1.88. The van der Waals surface area contributed by atoms with Crippen molar-refractivity contribution in [3.05, 3.63) is 30.7 Å². The smallest absolute Gasteiger partial charge is 0.409 e. The number of halogens is 1. The van der Waals surface area contributed by atoms with Crippen molar-refractivity contribution in [2.75, 3.05) is 37.7 Å². The van der Waals surface area contributed by atoms with Crippen molar-refractivity contribution in [2.24, 2.45) is 7.05 Å². The summed E-state index contributed by atoms with van der Waals surface area (Å²) in [5.41, 5.74) is 3.85. The molecule has 0 radical (unpaired) electrons. The third-order valence-corrected chi connectivity index (χ3v) is 4.84. The van der Waals surface area contributed by atoms with Crippen molar-refractivity contribution >= 4 is 22.8 Å². The molecule has 9 heteroatoms. The number of anilines is 1. The second kappa shape index (κ2) is 7.49. The molecule has 0 bridgehead atoms. The van der Waals surface area contributed by atoms with E-state index in [-0.39, 0.29) is 6.61 Å². The first-order valence-electron chi connectivity index (χ1n) is 9.28. The van der Waals surface area contributed by atoms with Gasteiger partial charge in [-0.2, -0.15) is 5.10 Å². The number of fused-ring (bicyclic) bond motifs is 1. The molecule has 1 atom stereocenters. The topological polar surface area (TPSA) is 79.3 Å². The molecule has 1 aliphatic heterocycles. The van der Waals surface area contributed by atoms with Crippen molar-refractivity contribution in [1.29, 1.82) is 0 Å². The van der Waals surface area contributed by atoms with E-state index in [9.17, 15) is 9.18 Å². The van der Waals surface area contributed by atoms with Gasteiger partial charge < -0.3 is 19.5 Å². The van der Waals surface area contributed by atoms with Gasteiger partial charge in [0, 0.05) is 62.3 Å². The largest absolute Gasteiger partial charge is 0.446 e. The maximum Gasteiger partial charge on any atom is 0.409 e. The first-order chi connectivity index (χ1) is 13.5. The van der Waals surface area contributed by atoms with E-state index in [2.05, 4.69) is 26.0 Å². The number of hydrogen-bond donors (Lipinski definition) is 1. The zero-order valence-corrected chi connectivity index (χ0v) is 15.9. The third kappa shape index (κ3) is 3.64. The lowest BCUT2D eigenvalue weighted by Gasteiger charge is -2.35. The number of aryl methyl sites for hydroxylation is 1. The molecule has 1 aliphatic rings. The molecular weight excluding hydrogens is 363 g/mol. The maximum atomic E-state index is 12.9. The van der Waals surface area contributed by atoms with Crippen molar-refractivity contribution in [2.45, 2.75) is 13.1 Å². The van der Waals surface area contributed by atoms with Crippen LogP contribution in [-0.4, -0.2) is 69.7 Å². The minimum absolute atomic E-state index is 0.204.